The molecule has 1 aromatic carbocycles. The Bertz CT molecular complexity index is 674. The third-order valence-electron chi connectivity index (χ3n) is 3.52. The Labute approximate surface area is 147 Å². The van der Waals surface area contributed by atoms with Crippen molar-refractivity contribution in [3.63, 3.8) is 0 Å². The maximum Gasteiger partial charge on any atom is 0.293 e. The fourth-order valence-electron chi connectivity index (χ4n) is 2.12. The summed E-state index contributed by atoms with van der Waals surface area (Å²) in [5.41, 5.74) is 0.668. The lowest BCUT2D eigenvalue weighted by Crippen LogP contribution is -2.36. The molecule has 124 valence electrons. The molecule has 0 radical (unpaired) electrons. The van der Waals surface area contributed by atoms with Crippen LogP contribution in [-0.2, 0) is 4.79 Å². The van der Waals surface area contributed by atoms with Crippen LogP contribution in [0.4, 0.5) is 4.79 Å². The van der Waals surface area contributed by atoms with Crippen LogP contribution < -0.4 is 4.74 Å². The standard InChI is InChI=1S/C16H18BrNO4S/c1-4-9(3)18-15(20)14(23-16(18)21)7-10-6-13(22-5-2)12(19)8-11(10)17/h6-9,19H,4-5H2,1-3H3/b14-7+/t9-/m1/s1. The monoisotopic (exact) mass is 399 g/mol. The SMILES string of the molecule is CCOc1cc(/C=C2/SC(=O)N([C@H](C)CC)C2=O)c(Br)cc1O. The highest BCUT2D eigenvalue weighted by Crippen LogP contribution is 2.38. The van der Waals surface area contributed by atoms with Crippen molar-refractivity contribution in [1.82, 2.24) is 4.90 Å². The number of phenolic OH excluding ortho intramolecular Hbond substituents is 1. The Balaban J connectivity index is 2.37. The Hall–Kier alpha value is -1.47. The van der Waals surface area contributed by atoms with E-state index in [4.69, 9.17) is 4.74 Å². The van der Waals surface area contributed by atoms with Gasteiger partial charge in [-0.1, -0.05) is 22.9 Å². The summed E-state index contributed by atoms with van der Waals surface area (Å²) in [7, 11) is 0. The van der Waals surface area contributed by atoms with Crippen molar-refractivity contribution in [2.45, 2.75) is 33.2 Å². The number of carbonyl (C=O) groups excluding carboxylic acids is 2. The van der Waals surface area contributed by atoms with Gasteiger partial charge in [-0.2, -0.15) is 0 Å². The Morgan fingerprint density at radius 3 is 2.70 bits per heavy atom. The summed E-state index contributed by atoms with van der Waals surface area (Å²) in [6.07, 6.45) is 2.35. The molecule has 5 nitrogen and oxygen atoms in total. The Morgan fingerprint density at radius 1 is 1.39 bits per heavy atom. The van der Waals surface area contributed by atoms with Crippen LogP contribution >= 0.6 is 27.7 Å². The molecule has 2 rings (SSSR count). The van der Waals surface area contributed by atoms with Crippen molar-refractivity contribution >= 4 is 44.9 Å². The molecule has 1 N–H and O–H groups in total. The summed E-state index contributed by atoms with van der Waals surface area (Å²) in [5, 5.41) is 9.58. The first-order chi connectivity index (χ1) is 10.9. The number of aromatic hydroxyl groups is 1. The molecule has 0 aromatic heterocycles. The maximum atomic E-state index is 12.4. The molecule has 1 saturated heterocycles. The zero-order valence-corrected chi connectivity index (χ0v) is 15.5. The van der Waals surface area contributed by atoms with Gasteiger partial charge in [-0.3, -0.25) is 14.5 Å². The predicted molar refractivity (Wildman–Crippen MR) is 94.5 cm³/mol. The van der Waals surface area contributed by atoms with E-state index in [0.29, 0.717) is 33.7 Å². The van der Waals surface area contributed by atoms with Gasteiger partial charge in [-0.25, -0.2) is 0 Å². The van der Waals surface area contributed by atoms with Gasteiger partial charge in [0.15, 0.2) is 11.5 Å². The van der Waals surface area contributed by atoms with Crippen molar-refractivity contribution in [2.75, 3.05) is 6.61 Å². The van der Waals surface area contributed by atoms with E-state index in [1.165, 1.54) is 11.0 Å². The minimum Gasteiger partial charge on any atom is -0.504 e. The number of hydrogen-bond acceptors (Lipinski definition) is 5. The number of rotatable bonds is 5. The van der Waals surface area contributed by atoms with Crippen LogP contribution in [0.25, 0.3) is 6.08 Å². The molecule has 0 bridgehead atoms. The van der Waals surface area contributed by atoms with Crippen molar-refractivity contribution < 1.29 is 19.4 Å². The molecule has 0 saturated carbocycles. The van der Waals surface area contributed by atoms with Crippen LogP contribution in [0, 0.1) is 0 Å². The molecular formula is C16H18BrNO4S. The molecule has 1 aliphatic heterocycles. The van der Waals surface area contributed by atoms with E-state index in [1.807, 2.05) is 20.8 Å². The van der Waals surface area contributed by atoms with Gasteiger partial charge in [0.05, 0.1) is 11.5 Å². The molecule has 0 aliphatic carbocycles. The van der Waals surface area contributed by atoms with Crippen molar-refractivity contribution in [1.29, 1.82) is 0 Å². The van der Waals surface area contributed by atoms with E-state index in [-0.39, 0.29) is 22.9 Å². The lowest BCUT2D eigenvalue weighted by atomic mass is 10.1. The van der Waals surface area contributed by atoms with E-state index in [1.54, 1.807) is 12.1 Å². The average molecular weight is 400 g/mol. The Morgan fingerprint density at radius 2 is 2.09 bits per heavy atom. The third-order valence-corrected chi connectivity index (χ3v) is 5.09. The number of hydrogen-bond donors (Lipinski definition) is 1. The number of nitrogens with zero attached hydrogens (tertiary/aromatic N) is 1. The molecule has 1 fully saturated rings. The molecule has 1 aromatic rings. The second-order valence-corrected chi connectivity index (χ2v) is 6.93. The van der Waals surface area contributed by atoms with E-state index in [9.17, 15) is 14.7 Å². The fourth-order valence-corrected chi connectivity index (χ4v) is 3.49. The van der Waals surface area contributed by atoms with E-state index >= 15 is 0 Å². The number of benzene rings is 1. The molecule has 1 atom stereocenters. The third kappa shape index (κ3) is 3.72. The number of halogens is 1. The predicted octanol–water partition coefficient (Wildman–Crippen LogP) is 4.39. The topological polar surface area (TPSA) is 66.8 Å². The first-order valence-electron chi connectivity index (χ1n) is 7.31. The average Bonchev–Trinajstić information content (AvgIpc) is 2.78. The van der Waals surface area contributed by atoms with Crippen LogP contribution in [-0.4, -0.2) is 33.8 Å². The molecular weight excluding hydrogens is 382 g/mol. The number of imide groups is 1. The number of phenols is 1. The lowest BCUT2D eigenvalue weighted by molar-refractivity contribution is -0.124. The van der Waals surface area contributed by atoms with Crippen LogP contribution in [0.15, 0.2) is 21.5 Å². The number of carbonyl (C=O) groups is 2. The van der Waals surface area contributed by atoms with Gasteiger partial charge < -0.3 is 9.84 Å². The van der Waals surface area contributed by atoms with Gasteiger partial charge in [0.25, 0.3) is 11.1 Å². The highest BCUT2D eigenvalue weighted by molar-refractivity contribution is 9.10. The molecule has 23 heavy (non-hydrogen) atoms. The molecule has 2 amide bonds. The number of ether oxygens (including phenoxy) is 1. The first kappa shape index (κ1) is 17.9. The van der Waals surface area contributed by atoms with Crippen molar-refractivity contribution in [3.05, 3.63) is 27.1 Å². The van der Waals surface area contributed by atoms with Gasteiger partial charge in [0.1, 0.15) is 0 Å². The summed E-state index contributed by atoms with van der Waals surface area (Å²) in [6.45, 7) is 6.02. The van der Waals surface area contributed by atoms with Crippen molar-refractivity contribution in [2.24, 2.45) is 0 Å². The molecule has 1 aliphatic rings. The zero-order chi connectivity index (χ0) is 17.1. The number of thioether (sulfide) groups is 1. The highest BCUT2D eigenvalue weighted by Gasteiger charge is 2.37. The summed E-state index contributed by atoms with van der Waals surface area (Å²) in [4.78, 5) is 26.1. The molecule has 0 spiro atoms. The first-order valence-corrected chi connectivity index (χ1v) is 8.92. The summed E-state index contributed by atoms with van der Waals surface area (Å²) in [5.74, 6) is 0.0685. The largest absolute Gasteiger partial charge is 0.504 e. The van der Waals surface area contributed by atoms with Crippen LogP contribution in [0.1, 0.15) is 32.8 Å². The highest BCUT2D eigenvalue weighted by atomic mass is 79.9. The minimum absolute atomic E-state index is 0.0172. The fraction of sp³-hybridized carbons (Fsp3) is 0.375. The van der Waals surface area contributed by atoms with Crippen LogP contribution in [0.5, 0.6) is 11.5 Å². The van der Waals surface area contributed by atoms with Crippen LogP contribution in [0.2, 0.25) is 0 Å². The Kier molecular flexibility index (Phi) is 5.75. The summed E-state index contributed by atoms with van der Waals surface area (Å²) >= 11 is 4.28. The summed E-state index contributed by atoms with van der Waals surface area (Å²) < 4.78 is 5.97. The summed E-state index contributed by atoms with van der Waals surface area (Å²) in [6, 6.07) is 3.02. The minimum atomic E-state index is -0.285. The van der Waals surface area contributed by atoms with E-state index in [0.717, 1.165) is 11.8 Å². The second-order valence-electron chi connectivity index (χ2n) is 5.08. The van der Waals surface area contributed by atoms with E-state index in [2.05, 4.69) is 15.9 Å². The van der Waals surface area contributed by atoms with Crippen LogP contribution in [0.3, 0.4) is 0 Å². The second kappa shape index (κ2) is 7.40. The van der Waals surface area contributed by atoms with Gasteiger partial charge in [-0.15, -0.1) is 0 Å². The molecule has 0 unspecified atom stereocenters. The lowest BCUT2D eigenvalue weighted by Gasteiger charge is -2.19. The van der Waals surface area contributed by atoms with Gasteiger partial charge in [-0.05, 0) is 55.8 Å². The van der Waals surface area contributed by atoms with E-state index < -0.39 is 0 Å². The van der Waals surface area contributed by atoms with Gasteiger partial charge in [0, 0.05) is 10.5 Å². The van der Waals surface area contributed by atoms with Crippen molar-refractivity contribution in [3.8, 4) is 11.5 Å². The zero-order valence-electron chi connectivity index (χ0n) is 13.1. The number of amides is 2. The molecule has 7 heteroatoms. The maximum absolute atomic E-state index is 12.4. The molecule has 1 heterocycles. The van der Waals surface area contributed by atoms with Gasteiger partial charge >= 0.3 is 0 Å². The normalized spacial score (nSPS) is 17.9. The smallest absolute Gasteiger partial charge is 0.293 e. The van der Waals surface area contributed by atoms with Gasteiger partial charge in [0.2, 0.25) is 0 Å². The quantitative estimate of drug-likeness (QED) is 0.743.